The molecule has 0 aliphatic rings. The number of halogens is 1. The predicted octanol–water partition coefficient (Wildman–Crippen LogP) is 8.39. The smallest absolute Gasteiger partial charge is 0.239 e. The van der Waals surface area contributed by atoms with Gasteiger partial charge in [0, 0.05) is 27.1 Å². The second-order valence-corrected chi connectivity index (χ2v) is 8.35. The van der Waals surface area contributed by atoms with E-state index in [9.17, 15) is 0 Å². The third kappa shape index (κ3) is 3.30. The summed E-state index contributed by atoms with van der Waals surface area (Å²) in [6, 6.07) is -15.4. The van der Waals surface area contributed by atoms with Gasteiger partial charge in [-0.1, -0.05) is 84.6 Å². The van der Waals surface area contributed by atoms with Crippen molar-refractivity contribution in [1.29, 1.82) is 0 Å². The summed E-state index contributed by atoms with van der Waals surface area (Å²) < 4.78 is 175. The maximum absolute atomic E-state index is 9.17. The summed E-state index contributed by atoms with van der Waals surface area (Å²) in [6.07, 6.45) is 0. The van der Waals surface area contributed by atoms with Crippen LogP contribution in [-0.2, 0) is 0 Å². The lowest BCUT2D eigenvalue weighted by Crippen LogP contribution is -2.06. The van der Waals surface area contributed by atoms with Crippen LogP contribution in [0.5, 0.6) is 0 Å². The first kappa shape index (κ1) is 9.95. The normalized spacial score (nSPS) is 18.9. The molecule has 5 aromatic carbocycles. The molecule has 0 amide bonds. The van der Waals surface area contributed by atoms with Crippen molar-refractivity contribution in [3.8, 4) is 23.0 Å². The van der Waals surface area contributed by atoms with Crippen LogP contribution in [0.3, 0.4) is 0 Å². The van der Waals surface area contributed by atoms with Gasteiger partial charge in [-0.15, -0.1) is 0 Å². The summed E-state index contributed by atoms with van der Waals surface area (Å²) in [5.74, 6) is -1.35. The van der Waals surface area contributed by atoms with E-state index in [2.05, 4.69) is 15.0 Å². The number of nitrogens with zero attached hydrogens (tertiary/aromatic N) is 5. The molecule has 0 fully saturated rings. The Balaban J connectivity index is 1.61. The largest absolute Gasteiger partial charge is 0.309 e. The van der Waals surface area contributed by atoms with Crippen LogP contribution in [0.25, 0.3) is 66.6 Å². The van der Waals surface area contributed by atoms with Crippen molar-refractivity contribution >= 4 is 55.2 Å². The molecule has 0 saturated carbocycles. The molecule has 0 unspecified atom stereocenters. The highest BCUT2D eigenvalue weighted by molar-refractivity contribution is 6.28. The summed E-state index contributed by atoms with van der Waals surface area (Å²) in [5.41, 5.74) is -3.15. The van der Waals surface area contributed by atoms with Gasteiger partial charge in [0.15, 0.2) is 5.82 Å². The molecule has 39 heavy (non-hydrogen) atoms. The lowest BCUT2D eigenvalue weighted by atomic mass is 10.1. The van der Waals surface area contributed by atoms with Gasteiger partial charge in [0.1, 0.15) is 0 Å². The Morgan fingerprint density at radius 2 is 0.923 bits per heavy atom. The van der Waals surface area contributed by atoms with E-state index in [0.717, 1.165) is 9.13 Å². The number of aromatic nitrogens is 5. The Morgan fingerprint density at radius 1 is 0.487 bits per heavy atom. The third-order valence-corrected chi connectivity index (χ3v) is 6.15. The van der Waals surface area contributed by atoms with Crippen LogP contribution in [0.4, 0.5) is 0 Å². The first-order valence-corrected chi connectivity index (χ1v) is 11.5. The van der Waals surface area contributed by atoms with Crippen molar-refractivity contribution in [3.05, 3.63) is 126 Å². The molecule has 184 valence electrons. The maximum Gasteiger partial charge on any atom is 0.239 e. The minimum absolute atomic E-state index is 0.341. The molecule has 5 nitrogen and oxygen atoms in total. The van der Waals surface area contributed by atoms with Crippen LogP contribution in [0.2, 0.25) is 5.28 Å². The molecule has 0 atom stereocenters. The monoisotopic (exact) mass is 541 g/mol. The molecule has 0 radical (unpaired) electrons. The van der Waals surface area contributed by atoms with Crippen LogP contribution in [0.1, 0.15) is 27.4 Å². The van der Waals surface area contributed by atoms with Crippen molar-refractivity contribution in [1.82, 2.24) is 24.1 Å². The first-order valence-electron chi connectivity index (χ1n) is 21.1. The average molecular weight is 542 g/mol. The second kappa shape index (κ2) is 8.51. The summed E-state index contributed by atoms with van der Waals surface area (Å²) in [7, 11) is 0. The van der Waals surface area contributed by atoms with E-state index in [0.29, 0.717) is 0 Å². The Labute approximate surface area is 256 Å². The van der Waals surface area contributed by atoms with E-state index in [1.807, 2.05) is 0 Å². The number of rotatable bonds is 3. The van der Waals surface area contributed by atoms with E-state index in [1.165, 1.54) is 0 Å². The zero-order valence-corrected chi connectivity index (χ0v) is 19.9. The predicted molar refractivity (Wildman–Crippen MR) is 159 cm³/mol. The van der Waals surface area contributed by atoms with Gasteiger partial charge in [0.05, 0.1) is 55.2 Å². The molecule has 8 rings (SSSR count). The zero-order chi connectivity index (χ0) is 43.3. The molecule has 6 heteroatoms. The highest BCUT2D eigenvalue weighted by atomic mass is 35.5. The van der Waals surface area contributed by atoms with E-state index < -0.39 is 182 Å². The van der Waals surface area contributed by atoms with Crippen molar-refractivity contribution < 1.29 is 27.4 Å². The van der Waals surface area contributed by atoms with Crippen LogP contribution < -0.4 is 0 Å². The molecule has 0 aliphatic heterocycles. The Hall–Kier alpha value is -5.00. The summed E-state index contributed by atoms with van der Waals surface area (Å²) in [5, 5.41) is -2.19. The number of fused-ring (bicyclic) bond motifs is 6. The maximum atomic E-state index is 9.17. The van der Waals surface area contributed by atoms with Gasteiger partial charge in [-0.25, -0.2) is 0 Å². The van der Waals surface area contributed by atoms with Crippen molar-refractivity contribution in [2.45, 2.75) is 0 Å². The first-order chi connectivity index (χ1) is 27.6. The van der Waals surface area contributed by atoms with Crippen LogP contribution in [0.15, 0.2) is 121 Å². The van der Waals surface area contributed by atoms with Crippen molar-refractivity contribution in [2.75, 3.05) is 0 Å². The van der Waals surface area contributed by atoms with E-state index >= 15 is 0 Å². The van der Waals surface area contributed by atoms with Crippen LogP contribution >= 0.6 is 11.6 Å². The standard InChI is InChI=1S/C33H20ClN5/c34-32-35-31(36-33(37-32)39-28-18-8-3-13-23(28)24-14-4-9-19-29(24)39)25-15-5-10-20-30(25)38-26-16-6-1-11-21(26)22-12-2-7-17-27(22)38/h1-20H/i1D,2D,3D,4D,5D,6D,7D,8D,9D,10D,11D,12D,13D,14D,15D,16D,17D,18D,19D,20D. The van der Waals surface area contributed by atoms with Gasteiger partial charge in [-0.3, -0.25) is 4.57 Å². The minimum Gasteiger partial charge on any atom is -0.309 e. The average Bonchev–Trinajstić information content (AvgIpc) is 3.76. The van der Waals surface area contributed by atoms with Gasteiger partial charge in [-0.05, 0) is 47.9 Å². The highest BCUT2D eigenvalue weighted by Crippen LogP contribution is 2.36. The Kier molecular flexibility index (Phi) is 2.17. The van der Waals surface area contributed by atoms with Gasteiger partial charge >= 0.3 is 0 Å². The molecule has 0 spiro atoms. The lowest BCUT2D eigenvalue weighted by molar-refractivity contribution is 0.945. The summed E-state index contributed by atoms with van der Waals surface area (Å²) in [6.45, 7) is 0. The molecular formula is C33H20ClN5. The molecule has 3 aromatic heterocycles. The fraction of sp³-hybridized carbons (Fsp3) is 0. The number of para-hydroxylation sites is 5. The molecular weight excluding hydrogens is 502 g/mol. The fourth-order valence-corrected chi connectivity index (χ4v) is 4.61. The van der Waals surface area contributed by atoms with Crippen molar-refractivity contribution in [2.24, 2.45) is 0 Å². The number of hydrogen-bond acceptors (Lipinski definition) is 3. The topological polar surface area (TPSA) is 48.5 Å². The minimum atomic E-state index is -0.891. The fourth-order valence-electron chi connectivity index (χ4n) is 4.45. The third-order valence-electron chi connectivity index (χ3n) is 5.98. The summed E-state index contributed by atoms with van der Waals surface area (Å²) >= 11 is 6.50. The lowest BCUT2D eigenvalue weighted by Gasteiger charge is -2.14. The molecule has 0 N–H and O–H groups in total. The number of hydrogen-bond donors (Lipinski definition) is 0. The van der Waals surface area contributed by atoms with Crippen LogP contribution in [0, 0.1) is 0 Å². The van der Waals surface area contributed by atoms with E-state index in [-0.39, 0.29) is 10.8 Å². The van der Waals surface area contributed by atoms with Crippen molar-refractivity contribution in [3.63, 3.8) is 0 Å². The second-order valence-electron chi connectivity index (χ2n) is 8.02. The zero-order valence-electron chi connectivity index (χ0n) is 39.1. The SMILES string of the molecule is [2H]c1c([2H])c([2H])c(-n2c3c([2H])c([2H])c([2H])c([2H])c3c3c([2H])c([2H])c([2H])c([2H])c32)c(-c2nc(Cl)nc(-n3c4c([2H])c([2H])c([2H])c([2H])c4c4c([2H])c([2H])c([2H])c([2H])c43)n2)c1[2H]. The van der Waals surface area contributed by atoms with Gasteiger partial charge < -0.3 is 4.57 Å². The molecule has 0 saturated heterocycles. The highest BCUT2D eigenvalue weighted by Gasteiger charge is 2.19. The van der Waals surface area contributed by atoms with Crippen LogP contribution in [-0.4, -0.2) is 24.1 Å². The number of benzene rings is 5. The van der Waals surface area contributed by atoms with E-state index in [1.54, 1.807) is 0 Å². The molecule has 0 bridgehead atoms. The molecule has 3 heterocycles. The van der Waals surface area contributed by atoms with E-state index in [4.69, 9.17) is 39.0 Å². The van der Waals surface area contributed by atoms with Gasteiger partial charge in [-0.2, -0.15) is 15.0 Å². The quantitative estimate of drug-likeness (QED) is 0.225. The van der Waals surface area contributed by atoms with Gasteiger partial charge in [0.2, 0.25) is 11.2 Å². The Morgan fingerprint density at radius 3 is 1.46 bits per heavy atom. The molecule has 8 aromatic rings. The Bertz CT molecular complexity index is 3150. The van der Waals surface area contributed by atoms with Gasteiger partial charge in [0.25, 0.3) is 0 Å². The summed E-state index contributed by atoms with van der Waals surface area (Å²) in [4.78, 5) is 12.7. The molecule has 0 aliphatic carbocycles.